The van der Waals surface area contributed by atoms with Gasteiger partial charge in [-0.15, -0.1) is 0 Å². The largest absolute Gasteiger partial charge is 0.468 e. The molecule has 5 unspecified atom stereocenters. The first-order valence-corrected chi connectivity index (χ1v) is 7.53. The Kier molecular flexibility index (Phi) is 4.67. The molecule has 0 aliphatic heterocycles. The highest BCUT2D eigenvalue weighted by Crippen LogP contribution is 2.44. The van der Waals surface area contributed by atoms with Crippen LogP contribution in [0.1, 0.15) is 40.0 Å². The summed E-state index contributed by atoms with van der Waals surface area (Å²) in [5.41, 5.74) is 0. The van der Waals surface area contributed by atoms with E-state index in [-0.39, 0.29) is 12.0 Å². The Morgan fingerprint density at radius 1 is 1.32 bits per heavy atom. The van der Waals surface area contributed by atoms with Gasteiger partial charge in [0.15, 0.2) is 0 Å². The molecular weight excluding hydrogens is 238 g/mol. The van der Waals surface area contributed by atoms with Crippen molar-refractivity contribution in [1.29, 1.82) is 0 Å². The van der Waals surface area contributed by atoms with E-state index in [9.17, 15) is 4.79 Å². The van der Waals surface area contributed by atoms with Crippen LogP contribution in [0, 0.1) is 23.7 Å². The van der Waals surface area contributed by atoms with Crippen molar-refractivity contribution in [2.24, 2.45) is 23.7 Å². The van der Waals surface area contributed by atoms with E-state index in [1.54, 1.807) is 0 Å². The lowest BCUT2D eigenvalue weighted by atomic mass is 9.87. The summed E-state index contributed by atoms with van der Waals surface area (Å²) in [7, 11) is 1.47. The van der Waals surface area contributed by atoms with Gasteiger partial charge in [-0.25, -0.2) is 0 Å². The summed E-state index contributed by atoms with van der Waals surface area (Å²) < 4.78 is 4.92. The van der Waals surface area contributed by atoms with Crippen molar-refractivity contribution in [3.63, 3.8) is 0 Å². The molecule has 1 saturated carbocycles. The van der Waals surface area contributed by atoms with Crippen LogP contribution in [0.3, 0.4) is 0 Å². The monoisotopic (exact) mass is 265 g/mol. The van der Waals surface area contributed by atoms with Gasteiger partial charge in [0.1, 0.15) is 6.04 Å². The van der Waals surface area contributed by atoms with E-state index in [2.05, 4.69) is 38.2 Å². The fourth-order valence-corrected chi connectivity index (χ4v) is 3.69. The summed E-state index contributed by atoms with van der Waals surface area (Å²) in [5.74, 6) is 2.53. The topological polar surface area (TPSA) is 38.3 Å². The van der Waals surface area contributed by atoms with E-state index >= 15 is 0 Å². The zero-order chi connectivity index (χ0) is 14.0. The number of hydrogen-bond donors (Lipinski definition) is 1. The molecule has 3 heteroatoms. The van der Waals surface area contributed by atoms with Crippen LogP contribution in [0.5, 0.6) is 0 Å². The predicted octanol–water partition coefficient (Wildman–Crippen LogP) is 2.76. The van der Waals surface area contributed by atoms with Crippen LogP contribution in [0.15, 0.2) is 12.2 Å². The molecule has 1 N–H and O–H groups in total. The summed E-state index contributed by atoms with van der Waals surface area (Å²) in [5, 5.41) is 3.52. The molecular formula is C16H27NO2. The lowest BCUT2D eigenvalue weighted by Gasteiger charge is -2.30. The fraction of sp³-hybridized carbons (Fsp3) is 0.812. The van der Waals surface area contributed by atoms with E-state index in [1.807, 2.05) is 0 Å². The second-order valence-electron chi connectivity index (χ2n) is 6.60. The summed E-state index contributed by atoms with van der Waals surface area (Å²) >= 11 is 0. The number of ether oxygens (including phenoxy) is 1. The standard InChI is InChI=1S/C16H27NO2/c1-10(2)7-15(16(18)19-4)17-11(3)14-9-12-5-6-13(14)8-12/h5-6,10-15,17H,7-9H2,1-4H3. The zero-order valence-electron chi connectivity index (χ0n) is 12.6. The lowest BCUT2D eigenvalue weighted by molar-refractivity contribution is -0.143. The first kappa shape index (κ1) is 14.6. The van der Waals surface area contributed by atoms with Gasteiger partial charge in [-0.05, 0) is 49.9 Å². The van der Waals surface area contributed by atoms with Crippen LogP contribution in [0.25, 0.3) is 0 Å². The van der Waals surface area contributed by atoms with Gasteiger partial charge in [0.05, 0.1) is 7.11 Å². The molecule has 3 nitrogen and oxygen atoms in total. The smallest absolute Gasteiger partial charge is 0.322 e. The van der Waals surface area contributed by atoms with Crippen molar-refractivity contribution in [2.75, 3.05) is 7.11 Å². The summed E-state index contributed by atoms with van der Waals surface area (Å²) in [4.78, 5) is 11.9. The first-order chi connectivity index (χ1) is 9.01. The number of carbonyl (C=O) groups is 1. The van der Waals surface area contributed by atoms with Crippen molar-refractivity contribution in [3.8, 4) is 0 Å². The van der Waals surface area contributed by atoms with E-state index < -0.39 is 0 Å². The molecule has 5 atom stereocenters. The normalized spacial score (nSPS) is 31.7. The van der Waals surface area contributed by atoms with Crippen molar-refractivity contribution in [3.05, 3.63) is 12.2 Å². The molecule has 0 aromatic carbocycles. The molecule has 19 heavy (non-hydrogen) atoms. The van der Waals surface area contributed by atoms with Gasteiger partial charge >= 0.3 is 5.97 Å². The third-order valence-electron chi connectivity index (χ3n) is 4.63. The first-order valence-electron chi connectivity index (χ1n) is 7.53. The maximum absolute atomic E-state index is 11.9. The molecule has 2 bridgehead atoms. The molecule has 0 aromatic heterocycles. The fourth-order valence-electron chi connectivity index (χ4n) is 3.69. The van der Waals surface area contributed by atoms with Crippen LogP contribution < -0.4 is 5.32 Å². The summed E-state index contributed by atoms with van der Waals surface area (Å²) in [6.45, 7) is 6.50. The maximum Gasteiger partial charge on any atom is 0.322 e. The number of allylic oxidation sites excluding steroid dienone is 2. The minimum absolute atomic E-state index is 0.126. The van der Waals surface area contributed by atoms with E-state index in [0.717, 1.165) is 12.3 Å². The minimum Gasteiger partial charge on any atom is -0.468 e. The second kappa shape index (κ2) is 6.08. The molecule has 0 radical (unpaired) electrons. The molecule has 2 rings (SSSR count). The second-order valence-corrected chi connectivity index (χ2v) is 6.60. The van der Waals surface area contributed by atoms with Crippen LogP contribution in [0.4, 0.5) is 0 Å². The van der Waals surface area contributed by atoms with Crippen molar-refractivity contribution < 1.29 is 9.53 Å². The summed E-state index contributed by atoms with van der Waals surface area (Å²) in [6.07, 6.45) is 8.15. The Bertz CT molecular complexity index is 351. The average Bonchev–Trinajstić information content (AvgIpc) is 2.98. The number of hydrogen-bond acceptors (Lipinski definition) is 3. The molecule has 108 valence electrons. The van der Waals surface area contributed by atoms with Crippen molar-refractivity contribution >= 4 is 5.97 Å². The lowest BCUT2D eigenvalue weighted by Crippen LogP contribution is -2.47. The summed E-state index contributed by atoms with van der Waals surface area (Å²) in [6, 6.07) is 0.214. The van der Waals surface area contributed by atoms with Gasteiger partial charge in [0, 0.05) is 6.04 Å². The number of methoxy groups -OCH3 is 1. The predicted molar refractivity (Wildman–Crippen MR) is 76.7 cm³/mol. The number of esters is 1. The number of rotatable bonds is 6. The Hall–Kier alpha value is -0.830. The van der Waals surface area contributed by atoms with Gasteiger partial charge in [-0.1, -0.05) is 26.0 Å². The van der Waals surface area contributed by atoms with Crippen molar-refractivity contribution in [2.45, 2.75) is 52.1 Å². The average molecular weight is 265 g/mol. The molecule has 2 aliphatic carbocycles. The van der Waals surface area contributed by atoms with E-state index in [4.69, 9.17) is 4.74 Å². The zero-order valence-corrected chi connectivity index (χ0v) is 12.6. The highest BCUT2D eigenvalue weighted by atomic mass is 16.5. The highest BCUT2D eigenvalue weighted by Gasteiger charge is 2.39. The molecule has 0 aromatic rings. The Morgan fingerprint density at radius 2 is 2.05 bits per heavy atom. The van der Waals surface area contributed by atoms with Gasteiger partial charge in [-0.3, -0.25) is 4.79 Å². The Morgan fingerprint density at radius 3 is 2.53 bits per heavy atom. The highest BCUT2D eigenvalue weighted by molar-refractivity contribution is 5.75. The number of nitrogens with one attached hydrogen (secondary N) is 1. The van der Waals surface area contributed by atoms with Crippen LogP contribution in [-0.2, 0) is 9.53 Å². The molecule has 0 spiro atoms. The third kappa shape index (κ3) is 3.38. The van der Waals surface area contributed by atoms with Crippen LogP contribution >= 0.6 is 0 Å². The molecule has 1 fully saturated rings. The van der Waals surface area contributed by atoms with Gasteiger partial charge < -0.3 is 10.1 Å². The van der Waals surface area contributed by atoms with Crippen LogP contribution in [-0.4, -0.2) is 25.2 Å². The molecule has 2 aliphatic rings. The van der Waals surface area contributed by atoms with E-state index in [0.29, 0.717) is 23.8 Å². The molecule has 0 saturated heterocycles. The van der Waals surface area contributed by atoms with Crippen LogP contribution in [0.2, 0.25) is 0 Å². The van der Waals surface area contributed by atoms with Gasteiger partial charge in [0.25, 0.3) is 0 Å². The van der Waals surface area contributed by atoms with E-state index in [1.165, 1.54) is 20.0 Å². The molecule has 0 heterocycles. The van der Waals surface area contributed by atoms with Crippen molar-refractivity contribution in [1.82, 2.24) is 5.32 Å². The Balaban J connectivity index is 1.92. The number of fused-ring (bicyclic) bond motifs is 2. The minimum atomic E-state index is -0.164. The van der Waals surface area contributed by atoms with Gasteiger partial charge in [0.2, 0.25) is 0 Å². The maximum atomic E-state index is 11.9. The third-order valence-corrected chi connectivity index (χ3v) is 4.63. The quantitative estimate of drug-likeness (QED) is 0.593. The Labute approximate surface area is 116 Å². The number of carbonyl (C=O) groups excluding carboxylic acids is 1. The SMILES string of the molecule is COC(=O)C(CC(C)C)NC(C)C1CC2C=CC1C2. The molecule has 0 amide bonds. The van der Waals surface area contributed by atoms with Gasteiger partial charge in [-0.2, -0.15) is 0 Å².